The Balaban J connectivity index is 2.13. The van der Waals surface area contributed by atoms with Crippen LogP contribution < -0.4 is 4.90 Å². The number of rotatable bonds is 3. The lowest BCUT2D eigenvalue weighted by Crippen LogP contribution is -2.34. The van der Waals surface area contributed by atoms with Gasteiger partial charge in [-0.1, -0.05) is 6.92 Å². The molecule has 0 radical (unpaired) electrons. The van der Waals surface area contributed by atoms with Crippen molar-refractivity contribution in [2.24, 2.45) is 5.92 Å². The van der Waals surface area contributed by atoms with E-state index in [1.165, 1.54) is 0 Å². The minimum Gasteiger partial charge on any atom is -0.355 e. The summed E-state index contributed by atoms with van der Waals surface area (Å²) in [5.74, 6) is 2.28. The molecule has 3 nitrogen and oxygen atoms in total. The SMILES string of the molecule is CC1CN(c2cc(CCl)ccn2)CC1N(C)C. The van der Waals surface area contributed by atoms with Crippen molar-refractivity contribution in [3.8, 4) is 0 Å². The first kappa shape index (κ1) is 12.7. The molecule has 1 aromatic heterocycles. The van der Waals surface area contributed by atoms with Gasteiger partial charge in [-0.3, -0.25) is 0 Å². The third-order valence-corrected chi connectivity index (χ3v) is 3.83. The van der Waals surface area contributed by atoms with Gasteiger partial charge in [-0.25, -0.2) is 4.98 Å². The molecule has 94 valence electrons. The molecule has 2 rings (SSSR count). The fourth-order valence-corrected chi connectivity index (χ4v) is 2.69. The van der Waals surface area contributed by atoms with Crippen LogP contribution in [0.1, 0.15) is 12.5 Å². The Labute approximate surface area is 108 Å². The number of hydrogen-bond donors (Lipinski definition) is 0. The van der Waals surface area contributed by atoms with Gasteiger partial charge in [0.15, 0.2) is 0 Å². The van der Waals surface area contributed by atoms with E-state index >= 15 is 0 Å². The Bertz CT molecular complexity index is 381. The van der Waals surface area contributed by atoms with Gasteiger partial charge in [0.2, 0.25) is 0 Å². The molecule has 2 heterocycles. The Morgan fingerprint density at radius 1 is 1.47 bits per heavy atom. The van der Waals surface area contributed by atoms with E-state index in [9.17, 15) is 0 Å². The van der Waals surface area contributed by atoms with Crippen molar-refractivity contribution in [2.75, 3.05) is 32.1 Å². The van der Waals surface area contributed by atoms with Gasteiger partial charge in [-0.2, -0.15) is 0 Å². The van der Waals surface area contributed by atoms with Gasteiger partial charge in [0.25, 0.3) is 0 Å². The first-order valence-corrected chi connectivity index (χ1v) is 6.57. The highest BCUT2D eigenvalue weighted by Gasteiger charge is 2.31. The largest absolute Gasteiger partial charge is 0.355 e. The third-order valence-electron chi connectivity index (χ3n) is 3.52. The number of likely N-dealkylation sites (N-methyl/N-ethyl adjacent to an activating group) is 1. The number of hydrogen-bond acceptors (Lipinski definition) is 3. The molecule has 1 fully saturated rings. The molecule has 1 aliphatic heterocycles. The first-order chi connectivity index (χ1) is 8.11. The van der Waals surface area contributed by atoms with Crippen LogP contribution in [0.3, 0.4) is 0 Å². The quantitative estimate of drug-likeness (QED) is 0.770. The van der Waals surface area contributed by atoms with E-state index in [0.29, 0.717) is 17.8 Å². The van der Waals surface area contributed by atoms with E-state index in [1.807, 2.05) is 12.3 Å². The second-order valence-corrected chi connectivity index (χ2v) is 5.34. The highest BCUT2D eigenvalue weighted by atomic mass is 35.5. The fourth-order valence-electron chi connectivity index (χ4n) is 2.53. The van der Waals surface area contributed by atoms with E-state index in [0.717, 1.165) is 24.5 Å². The molecule has 17 heavy (non-hydrogen) atoms. The lowest BCUT2D eigenvalue weighted by atomic mass is 10.1. The second-order valence-electron chi connectivity index (χ2n) is 5.07. The first-order valence-electron chi connectivity index (χ1n) is 6.04. The fraction of sp³-hybridized carbons (Fsp3) is 0.615. The third kappa shape index (κ3) is 2.72. The summed E-state index contributed by atoms with van der Waals surface area (Å²) in [6.07, 6.45) is 1.85. The molecule has 0 amide bonds. The summed E-state index contributed by atoms with van der Waals surface area (Å²) in [5, 5.41) is 0. The predicted octanol–water partition coefficient (Wildman–Crippen LogP) is 2.21. The molecule has 0 N–H and O–H groups in total. The summed E-state index contributed by atoms with van der Waals surface area (Å²) in [7, 11) is 4.29. The highest BCUT2D eigenvalue weighted by molar-refractivity contribution is 6.17. The summed E-state index contributed by atoms with van der Waals surface area (Å²) in [4.78, 5) is 9.10. The van der Waals surface area contributed by atoms with Crippen LogP contribution in [0, 0.1) is 5.92 Å². The minimum absolute atomic E-state index is 0.552. The van der Waals surface area contributed by atoms with Gasteiger partial charge < -0.3 is 9.80 Å². The van der Waals surface area contributed by atoms with Gasteiger partial charge in [-0.15, -0.1) is 11.6 Å². The number of nitrogens with zero attached hydrogens (tertiary/aromatic N) is 3. The van der Waals surface area contributed by atoms with E-state index in [2.05, 4.69) is 41.9 Å². The zero-order valence-corrected chi connectivity index (χ0v) is 11.5. The summed E-state index contributed by atoms with van der Waals surface area (Å²) < 4.78 is 0. The second kappa shape index (κ2) is 5.23. The van der Waals surface area contributed by atoms with E-state index < -0.39 is 0 Å². The van der Waals surface area contributed by atoms with Crippen molar-refractivity contribution < 1.29 is 0 Å². The molecule has 0 aliphatic carbocycles. The molecule has 2 unspecified atom stereocenters. The van der Waals surface area contributed by atoms with Crippen LogP contribution in [0.25, 0.3) is 0 Å². The van der Waals surface area contributed by atoms with Crippen LogP contribution in [0.5, 0.6) is 0 Å². The van der Waals surface area contributed by atoms with Crippen LogP contribution >= 0.6 is 11.6 Å². The zero-order valence-electron chi connectivity index (χ0n) is 10.7. The minimum atomic E-state index is 0.552. The van der Waals surface area contributed by atoms with Crippen molar-refractivity contribution >= 4 is 17.4 Å². The van der Waals surface area contributed by atoms with Gasteiger partial charge >= 0.3 is 0 Å². The number of pyridine rings is 1. The average Bonchev–Trinajstić information content (AvgIpc) is 2.71. The molecule has 4 heteroatoms. The van der Waals surface area contributed by atoms with E-state index in [4.69, 9.17) is 11.6 Å². The summed E-state index contributed by atoms with van der Waals surface area (Å²) in [6, 6.07) is 4.67. The predicted molar refractivity (Wildman–Crippen MR) is 72.6 cm³/mol. The maximum Gasteiger partial charge on any atom is 0.128 e. The molecule has 0 saturated carbocycles. The van der Waals surface area contributed by atoms with Gasteiger partial charge in [0.1, 0.15) is 5.82 Å². The number of halogens is 1. The topological polar surface area (TPSA) is 19.4 Å². The molecule has 0 aromatic carbocycles. The molecule has 0 spiro atoms. The highest BCUT2D eigenvalue weighted by Crippen LogP contribution is 2.25. The van der Waals surface area contributed by atoms with Crippen LogP contribution in [-0.2, 0) is 5.88 Å². The number of alkyl halides is 1. The molecule has 0 bridgehead atoms. The zero-order chi connectivity index (χ0) is 12.4. The van der Waals surface area contributed by atoms with Gasteiger partial charge in [-0.05, 0) is 37.7 Å². The van der Waals surface area contributed by atoms with Crippen molar-refractivity contribution in [1.82, 2.24) is 9.88 Å². The molecule has 2 atom stereocenters. The van der Waals surface area contributed by atoms with Crippen LogP contribution in [0.2, 0.25) is 0 Å². The normalized spacial score (nSPS) is 24.6. The van der Waals surface area contributed by atoms with Crippen LogP contribution in [0.15, 0.2) is 18.3 Å². The summed E-state index contributed by atoms with van der Waals surface area (Å²) >= 11 is 5.86. The maximum atomic E-state index is 5.86. The Morgan fingerprint density at radius 2 is 2.24 bits per heavy atom. The van der Waals surface area contributed by atoms with Crippen LogP contribution in [0.4, 0.5) is 5.82 Å². The van der Waals surface area contributed by atoms with Crippen molar-refractivity contribution in [2.45, 2.75) is 18.8 Å². The summed E-state index contributed by atoms with van der Waals surface area (Å²) in [5.41, 5.74) is 1.14. The van der Waals surface area contributed by atoms with Gasteiger partial charge in [0, 0.05) is 31.2 Å². The smallest absolute Gasteiger partial charge is 0.128 e. The molecule has 1 aliphatic rings. The average molecular weight is 254 g/mol. The molecule has 1 saturated heterocycles. The molecular weight excluding hydrogens is 234 g/mol. The molecule has 1 aromatic rings. The number of aromatic nitrogens is 1. The lowest BCUT2D eigenvalue weighted by Gasteiger charge is -2.22. The van der Waals surface area contributed by atoms with Crippen molar-refractivity contribution in [1.29, 1.82) is 0 Å². The Hall–Kier alpha value is -0.800. The molecular formula is C13H20ClN3. The number of anilines is 1. The van der Waals surface area contributed by atoms with Crippen LogP contribution in [-0.4, -0.2) is 43.1 Å². The van der Waals surface area contributed by atoms with E-state index in [-0.39, 0.29) is 0 Å². The van der Waals surface area contributed by atoms with Gasteiger partial charge in [0.05, 0.1) is 0 Å². The lowest BCUT2D eigenvalue weighted by molar-refractivity contribution is 0.266. The summed E-state index contributed by atoms with van der Waals surface area (Å²) in [6.45, 7) is 4.42. The Kier molecular flexibility index (Phi) is 3.89. The van der Waals surface area contributed by atoms with Crippen molar-refractivity contribution in [3.05, 3.63) is 23.9 Å². The Morgan fingerprint density at radius 3 is 2.82 bits per heavy atom. The van der Waals surface area contributed by atoms with Crippen molar-refractivity contribution in [3.63, 3.8) is 0 Å². The van der Waals surface area contributed by atoms with E-state index in [1.54, 1.807) is 0 Å². The standard InChI is InChI=1S/C13H20ClN3/c1-10-8-17(9-12(10)16(2)3)13-6-11(7-14)4-5-15-13/h4-6,10,12H,7-9H2,1-3H3. The maximum absolute atomic E-state index is 5.86. The monoisotopic (exact) mass is 253 g/mol.